The Bertz CT molecular complexity index is 702. The maximum atomic E-state index is 13.0. The van der Waals surface area contributed by atoms with E-state index in [1.165, 1.54) is 0 Å². The van der Waals surface area contributed by atoms with Crippen molar-refractivity contribution in [2.75, 3.05) is 5.43 Å². The Morgan fingerprint density at radius 3 is 2.55 bits per heavy atom. The maximum Gasteiger partial charge on any atom is 0.433 e. The lowest BCUT2D eigenvalue weighted by molar-refractivity contribution is -0.141. The van der Waals surface area contributed by atoms with Gasteiger partial charge in [0, 0.05) is 5.56 Å². The highest BCUT2D eigenvalue weighted by Gasteiger charge is 2.33. The lowest BCUT2D eigenvalue weighted by Crippen LogP contribution is -2.35. The molecular weight excluding hydrogens is 315 g/mol. The van der Waals surface area contributed by atoms with E-state index in [2.05, 4.69) is 33.0 Å². The molecule has 1 aromatic carbocycles. The Balaban J connectivity index is 2.48. The third-order valence-corrected chi connectivity index (χ3v) is 2.73. The number of hydrogen-bond donors (Lipinski definition) is 3. The van der Waals surface area contributed by atoms with Gasteiger partial charge < -0.3 is 5.73 Å². The van der Waals surface area contributed by atoms with Crippen LogP contribution in [0, 0.1) is 6.92 Å². The van der Waals surface area contributed by atoms with E-state index < -0.39 is 11.9 Å². The van der Waals surface area contributed by atoms with Gasteiger partial charge in [0.25, 0.3) is 0 Å². The number of hydrazine groups is 1. The van der Waals surface area contributed by atoms with Crippen LogP contribution in [0.3, 0.4) is 0 Å². The lowest BCUT2D eigenvalue weighted by Gasteiger charge is -2.12. The summed E-state index contributed by atoms with van der Waals surface area (Å²) in [5.41, 5.74) is 10.4. The molecule has 2 rings (SSSR count). The molecule has 1 heterocycles. The van der Waals surface area contributed by atoms with Gasteiger partial charge in [0.2, 0.25) is 5.95 Å². The van der Waals surface area contributed by atoms with Crippen molar-refractivity contribution in [3.63, 3.8) is 0 Å². The molecule has 1 aromatic heterocycles. The van der Waals surface area contributed by atoms with Gasteiger partial charge in [-0.25, -0.2) is 9.97 Å². The van der Waals surface area contributed by atoms with E-state index in [9.17, 15) is 13.2 Å². The minimum absolute atomic E-state index is 0.137. The Labute approximate surface area is 129 Å². The quantitative estimate of drug-likeness (QED) is 0.594. The molecule has 0 aliphatic rings. The number of thiocarbonyl (C=S) groups is 1. The van der Waals surface area contributed by atoms with E-state index in [0.29, 0.717) is 5.56 Å². The Morgan fingerprint density at radius 2 is 1.95 bits per heavy atom. The van der Waals surface area contributed by atoms with Crippen LogP contribution in [-0.4, -0.2) is 15.1 Å². The number of nitrogens with zero attached hydrogens (tertiary/aromatic N) is 2. The van der Waals surface area contributed by atoms with Crippen molar-refractivity contribution in [2.24, 2.45) is 5.73 Å². The van der Waals surface area contributed by atoms with E-state index in [-0.39, 0.29) is 16.8 Å². The summed E-state index contributed by atoms with van der Waals surface area (Å²) < 4.78 is 38.9. The number of nitrogens with one attached hydrogen (secondary N) is 2. The average molecular weight is 327 g/mol. The van der Waals surface area contributed by atoms with E-state index in [1.807, 2.05) is 13.0 Å². The van der Waals surface area contributed by atoms with Gasteiger partial charge >= 0.3 is 6.18 Å². The first-order chi connectivity index (χ1) is 10.3. The number of nitrogens with two attached hydrogens (primary N) is 1. The molecule has 0 aliphatic heterocycles. The summed E-state index contributed by atoms with van der Waals surface area (Å²) in [6.07, 6.45) is -4.60. The van der Waals surface area contributed by atoms with Crippen molar-refractivity contribution in [1.82, 2.24) is 15.4 Å². The van der Waals surface area contributed by atoms with E-state index in [4.69, 9.17) is 5.73 Å². The van der Waals surface area contributed by atoms with E-state index in [0.717, 1.165) is 11.6 Å². The molecule has 0 spiro atoms. The first-order valence-corrected chi connectivity index (χ1v) is 6.51. The molecule has 0 bridgehead atoms. The van der Waals surface area contributed by atoms with Crippen LogP contribution in [0.4, 0.5) is 19.1 Å². The van der Waals surface area contributed by atoms with Crippen molar-refractivity contribution >= 4 is 23.3 Å². The van der Waals surface area contributed by atoms with Gasteiger partial charge in [0.15, 0.2) is 10.8 Å². The molecule has 0 atom stereocenters. The standard InChI is InChI=1S/C13H12F3N5S/c1-7-3-2-4-8(5-7)9-6-10(13(14,15)16)19-12(18-9)21-20-11(17)22/h2-6H,1H3,(H3,17,20,22)(H,18,19,21). The van der Waals surface area contributed by atoms with Crippen molar-refractivity contribution in [1.29, 1.82) is 0 Å². The summed E-state index contributed by atoms with van der Waals surface area (Å²) in [6, 6.07) is 7.86. The second-order valence-electron chi connectivity index (χ2n) is 4.44. The number of aryl methyl sites for hydroxylation is 1. The van der Waals surface area contributed by atoms with Gasteiger partial charge in [0.05, 0.1) is 5.69 Å². The molecule has 2 aromatic rings. The molecule has 0 unspecified atom stereocenters. The fraction of sp³-hybridized carbons (Fsp3) is 0.154. The zero-order valence-corrected chi connectivity index (χ0v) is 12.2. The van der Waals surface area contributed by atoms with Crippen molar-refractivity contribution in [3.05, 3.63) is 41.6 Å². The highest BCUT2D eigenvalue weighted by Crippen LogP contribution is 2.31. The van der Waals surface area contributed by atoms with Crippen LogP contribution in [0.15, 0.2) is 30.3 Å². The molecule has 0 saturated carbocycles. The zero-order chi connectivity index (χ0) is 16.3. The van der Waals surface area contributed by atoms with Crippen molar-refractivity contribution in [3.8, 4) is 11.3 Å². The van der Waals surface area contributed by atoms with Crippen LogP contribution in [-0.2, 0) is 6.18 Å². The van der Waals surface area contributed by atoms with Crippen LogP contribution in [0.2, 0.25) is 0 Å². The van der Waals surface area contributed by atoms with Crippen LogP contribution in [0.1, 0.15) is 11.3 Å². The summed E-state index contributed by atoms with van der Waals surface area (Å²) in [4.78, 5) is 7.43. The van der Waals surface area contributed by atoms with Gasteiger partial charge in [-0.3, -0.25) is 10.9 Å². The Hall–Kier alpha value is -2.42. The molecule has 0 amide bonds. The largest absolute Gasteiger partial charge is 0.433 e. The average Bonchev–Trinajstić information content (AvgIpc) is 2.44. The number of alkyl halides is 3. The smallest absolute Gasteiger partial charge is 0.375 e. The highest BCUT2D eigenvalue weighted by molar-refractivity contribution is 7.80. The normalized spacial score (nSPS) is 11.1. The number of benzene rings is 1. The number of halogens is 3. The van der Waals surface area contributed by atoms with E-state index >= 15 is 0 Å². The molecule has 0 radical (unpaired) electrons. The number of aromatic nitrogens is 2. The van der Waals surface area contributed by atoms with E-state index in [1.54, 1.807) is 18.2 Å². The fourth-order valence-electron chi connectivity index (χ4n) is 1.72. The van der Waals surface area contributed by atoms with Crippen molar-refractivity contribution in [2.45, 2.75) is 13.1 Å². The number of hydrogen-bond acceptors (Lipinski definition) is 4. The minimum atomic E-state index is -4.60. The van der Waals surface area contributed by atoms with Gasteiger partial charge in [-0.15, -0.1) is 0 Å². The fourth-order valence-corrected chi connectivity index (χ4v) is 1.77. The molecule has 0 fully saturated rings. The minimum Gasteiger partial charge on any atom is -0.375 e. The maximum absolute atomic E-state index is 13.0. The van der Waals surface area contributed by atoms with Gasteiger partial charge in [0.1, 0.15) is 0 Å². The number of rotatable bonds is 3. The third kappa shape index (κ3) is 4.04. The second kappa shape index (κ2) is 6.14. The summed E-state index contributed by atoms with van der Waals surface area (Å²) in [7, 11) is 0. The summed E-state index contributed by atoms with van der Waals surface area (Å²) in [6.45, 7) is 1.84. The zero-order valence-electron chi connectivity index (χ0n) is 11.4. The molecule has 22 heavy (non-hydrogen) atoms. The summed E-state index contributed by atoms with van der Waals surface area (Å²) >= 11 is 4.57. The summed E-state index contributed by atoms with van der Waals surface area (Å²) in [5.74, 6) is -0.279. The van der Waals surface area contributed by atoms with Crippen molar-refractivity contribution < 1.29 is 13.2 Å². The summed E-state index contributed by atoms with van der Waals surface area (Å²) in [5, 5.41) is -0.141. The Morgan fingerprint density at radius 1 is 1.23 bits per heavy atom. The van der Waals surface area contributed by atoms with Crippen LogP contribution >= 0.6 is 12.2 Å². The molecule has 9 heteroatoms. The lowest BCUT2D eigenvalue weighted by atomic mass is 10.1. The molecule has 116 valence electrons. The molecular formula is C13H12F3N5S. The first kappa shape index (κ1) is 16.0. The number of anilines is 1. The topological polar surface area (TPSA) is 75.9 Å². The molecule has 4 N–H and O–H groups in total. The molecule has 5 nitrogen and oxygen atoms in total. The van der Waals surface area contributed by atoms with Crippen LogP contribution < -0.4 is 16.6 Å². The Kier molecular flexibility index (Phi) is 4.45. The highest BCUT2D eigenvalue weighted by atomic mass is 32.1. The van der Waals surface area contributed by atoms with Crippen LogP contribution in [0.5, 0.6) is 0 Å². The van der Waals surface area contributed by atoms with Gasteiger partial charge in [-0.05, 0) is 31.3 Å². The second-order valence-corrected chi connectivity index (χ2v) is 4.88. The molecule has 0 aliphatic carbocycles. The molecule has 0 saturated heterocycles. The predicted octanol–water partition coefficient (Wildman–Crippen LogP) is 2.63. The van der Waals surface area contributed by atoms with Gasteiger partial charge in [-0.2, -0.15) is 13.2 Å². The predicted molar refractivity (Wildman–Crippen MR) is 80.8 cm³/mol. The van der Waals surface area contributed by atoms with Gasteiger partial charge in [-0.1, -0.05) is 23.8 Å². The monoisotopic (exact) mass is 327 g/mol. The van der Waals surface area contributed by atoms with Crippen LogP contribution in [0.25, 0.3) is 11.3 Å². The first-order valence-electron chi connectivity index (χ1n) is 6.10. The third-order valence-electron chi connectivity index (χ3n) is 2.63. The SMILES string of the molecule is Cc1cccc(-c2cc(C(F)(F)F)nc(NNC(N)=S)n2)c1.